The van der Waals surface area contributed by atoms with Gasteiger partial charge in [0.15, 0.2) is 0 Å². The monoisotopic (exact) mass is 697 g/mol. The quantitative estimate of drug-likeness (QED) is 0.109. The maximum absolute atomic E-state index is 13.2. The maximum Gasteiger partial charge on any atom is 0.416 e. The molecule has 1 fully saturated rings. The van der Waals surface area contributed by atoms with Gasteiger partial charge in [-0.3, -0.25) is 9.69 Å². The summed E-state index contributed by atoms with van der Waals surface area (Å²) in [4.78, 5) is 23.8. The molecule has 0 bridgehead atoms. The average molecular weight is 698 g/mol. The second-order valence-corrected chi connectivity index (χ2v) is 14.0. The molecule has 2 aliphatic rings. The Balaban J connectivity index is 1.14. The van der Waals surface area contributed by atoms with Gasteiger partial charge in [-0.05, 0) is 73.5 Å². The predicted octanol–water partition coefficient (Wildman–Crippen LogP) is 8.10. The van der Waals surface area contributed by atoms with Gasteiger partial charge in [-0.2, -0.15) is 13.2 Å². The number of rotatable bonds is 12. The molecule has 7 nitrogen and oxygen atoms in total. The molecule has 1 aromatic heterocycles. The van der Waals surface area contributed by atoms with E-state index in [-0.39, 0.29) is 17.8 Å². The van der Waals surface area contributed by atoms with Crippen LogP contribution in [-0.4, -0.2) is 60.5 Å². The second-order valence-electron chi connectivity index (χ2n) is 11.6. The van der Waals surface area contributed by atoms with Crippen LogP contribution >= 0.6 is 23.1 Å². The van der Waals surface area contributed by atoms with Gasteiger partial charge in [0, 0.05) is 55.3 Å². The third-order valence-corrected chi connectivity index (χ3v) is 10.9. The van der Waals surface area contributed by atoms with E-state index in [1.54, 1.807) is 6.92 Å². The molecule has 0 aliphatic carbocycles. The van der Waals surface area contributed by atoms with Crippen LogP contribution in [0.15, 0.2) is 71.6 Å². The fraction of sp³-hybridized carbons (Fsp3) is 0.389. The Morgan fingerprint density at radius 2 is 1.77 bits per heavy atom. The molecule has 3 aromatic carbocycles. The Bertz CT molecular complexity index is 1690. The smallest absolute Gasteiger partial charge is 0.416 e. The molecule has 0 amide bonds. The van der Waals surface area contributed by atoms with Gasteiger partial charge in [-0.25, -0.2) is 4.98 Å². The van der Waals surface area contributed by atoms with Crippen molar-refractivity contribution in [2.45, 2.75) is 56.2 Å². The van der Waals surface area contributed by atoms with Gasteiger partial charge in [-0.1, -0.05) is 19.1 Å². The van der Waals surface area contributed by atoms with Crippen LogP contribution < -0.4 is 14.4 Å². The molecule has 1 saturated heterocycles. The first kappa shape index (κ1) is 34.1. The number of thiazole rings is 1. The van der Waals surface area contributed by atoms with E-state index in [1.165, 1.54) is 46.5 Å². The highest BCUT2D eigenvalue weighted by molar-refractivity contribution is 8.00. The molecule has 3 heterocycles. The highest BCUT2D eigenvalue weighted by Crippen LogP contribution is 2.35. The van der Waals surface area contributed by atoms with E-state index >= 15 is 0 Å². The SMILES string of the molecule is CCOC(=O)C(CC)Sc1ccc(OCc2sc(-c3ccc(C(F)(F)F)cc3)nc2CN2CCN(c3ccc4c(c3)CCO4)CC2)cc1. The molecule has 1 unspecified atom stereocenters. The second kappa shape index (κ2) is 15.2. The normalized spacial score (nSPS) is 15.6. The van der Waals surface area contributed by atoms with Crippen LogP contribution in [0.4, 0.5) is 18.9 Å². The molecule has 0 spiro atoms. The fourth-order valence-corrected chi connectivity index (χ4v) is 7.69. The lowest BCUT2D eigenvalue weighted by Gasteiger charge is -2.36. The summed E-state index contributed by atoms with van der Waals surface area (Å²) in [7, 11) is 0. The summed E-state index contributed by atoms with van der Waals surface area (Å²) in [6.07, 6.45) is -2.79. The summed E-state index contributed by atoms with van der Waals surface area (Å²) in [5, 5.41) is 0.387. The standard InChI is InChI=1S/C36H38F3N3O4S2/c1-3-32(35(43)44-4-2)47-29-12-10-28(11-13-29)46-23-33-30(40-34(48-33)24-5-7-26(8-6-24)36(37,38)39)22-41-16-18-42(19-17-41)27-9-14-31-25(21-27)15-20-45-31/h5-14,21,32H,3-4,15-20,22-23H2,1-2H3. The van der Waals surface area contributed by atoms with E-state index in [0.29, 0.717) is 35.9 Å². The van der Waals surface area contributed by atoms with Crippen LogP contribution in [0, 0.1) is 0 Å². The molecule has 0 saturated carbocycles. The third kappa shape index (κ3) is 8.27. The van der Waals surface area contributed by atoms with Crippen molar-refractivity contribution in [2.24, 2.45) is 0 Å². The number of aromatic nitrogens is 1. The largest absolute Gasteiger partial charge is 0.493 e. The summed E-state index contributed by atoms with van der Waals surface area (Å²) >= 11 is 2.91. The van der Waals surface area contributed by atoms with Crippen LogP contribution in [0.1, 0.15) is 42.0 Å². The number of esters is 1. The molecule has 4 aromatic rings. The number of ether oxygens (including phenoxy) is 3. The summed E-state index contributed by atoms with van der Waals surface area (Å²) in [6.45, 7) is 9.20. The topological polar surface area (TPSA) is 64.1 Å². The van der Waals surface area contributed by atoms with E-state index in [1.807, 2.05) is 31.2 Å². The average Bonchev–Trinajstić information content (AvgIpc) is 3.73. The summed E-state index contributed by atoms with van der Waals surface area (Å²) < 4.78 is 56.7. The number of nitrogens with zero attached hydrogens (tertiary/aromatic N) is 3. The lowest BCUT2D eigenvalue weighted by Crippen LogP contribution is -2.46. The molecule has 254 valence electrons. The van der Waals surface area contributed by atoms with Crippen LogP contribution in [0.25, 0.3) is 10.6 Å². The molecule has 12 heteroatoms. The molecule has 6 rings (SSSR count). The molecule has 2 aliphatic heterocycles. The number of hydrogen-bond acceptors (Lipinski definition) is 9. The van der Waals surface area contributed by atoms with Crippen LogP contribution in [-0.2, 0) is 35.3 Å². The van der Waals surface area contributed by atoms with Gasteiger partial charge in [0.1, 0.15) is 28.4 Å². The molecular weight excluding hydrogens is 660 g/mol. The van der Waals surface area contributed by atoms with Crippen LogP contribution in [0.3, 0.4) is 0 Å². The number of halogens is 3. The Labute approximate surface area is 287 Å². The van der Waals surface area contributed by atoms with Gasteiger partial charge in [0.05, 0.1) is 29.3 Å². The third-order valence-electron chi connectivity index (χ3n) is 8.41. The van der Waals surface area contributed by atoms with Crippen LogP contribution in [0.5, 0.6) is 11.5 Å². The Morgan fingerprint density at radius 1 is 1.02 bits per heavy atom. The van der Waals surface area contributed by atoms with Gasteiger partial charge < -0.3 is 19.1 Å². The molecule has 0 radical (unpaired) electrons. The zero-order chi connectivity index (χ0) is 33.7. The highest BCUT2D eigenvalue weighted by Gasteiger charge is 2.30. The Morgan fingerprint density at radius 3 is 2.46 bits per heavy atom. The zero-order valence-electron chi connectivity index (χ0n) is 26.9. The van der Waals surface area contributed by atoms with Gasteiger partial charge in [0.2, 0.25) is 0 Å². The first-order chi connectivity index (χ1) is 23.2. The van der Waals surface area contributed by atoms with E-state index in [0.717, 1.165) is 72.6 Å². The predicted molar refractivity (Wildman–Crippen MR) is 183 cm³/mol. The van der Waals surface area contributed by atoms with Crippen molar-refractivity contribution in [2.75, 3.05) is 44.3 Å². The molecule has 1 atom stereocenters. The minimum atomic E-state index is -4.40. The van der Waals surface area contributed by atoms with E-state index in [9.17, 15) is 18.0 Å². The Hall–Kier alpha value is -3.74. The summed E-state index contributed by atoms with van der Waals surface area (Å²) in [6, 6.07) is 19.2. The van der Waals surface area contributed by atoms with Gasteiger partial charge in [-0.15, -0.1) is 23.1 Å². The number of carbonyl (C=O) groups is 1. The molecule has 48 heavy (non-hydrogen) atoms. The van der Waals surface area contributed by atoms with E-state index < -0.39 is 11.7 Å². The number of thioether (sulfide) groups is 1. The molecular formula is C36H38F3N3O4S2. The van der Waals surface area contributed by atoms with Crippen molar-refractivity contribution < 1.29 is 32.2 Å². The van der Waals surface area contributed by atoms with Crippen molar-refractivity contribution in [3.05, 3.63) is 88.4 Å². The number of piperazine rings is 1. The lowest BCUT2D eigenvalue weighted by molar-refractivity contribution is -0.142. The summed E-state index contributed by atoms with van der Waals surface area (Å²) in [5.41, 5.74) is 3.29. The number of carbonyl (C=O) groups excluding carboxylic acids is 1. The highest BCUT2D eigenvalue weighted by atomic mass is 32.2. The number of anilines is 1. The van der Waals surface area contributed by atoms with Gasteiger partial charge in [0.25, 0.3) is 0 Å². The maximum atomic E-state index is 13.2. The van der Waals surface area contributed by atoms with Crippen molar-refractivity contribution in [3.8, 4) is 22.1 Å². The summed E-state index contributed by atoms with van der Waals surface area (Å²) in [5.74, 6) is 1.44. The van der Waals surface area contributed by atoms with Crippen molar-refractivity contribution in [3.63, 3.8) is 0 Å². The van der Waals surface area contributed by atoms with Crippen molar-refractivity contribution >= 4 is 34.8 Å². The van der Waals surface area contributed by atoms with E-state index in [4.69, 9.17) is 19.2 Å². The number of hydrogen-bond donors (Lipinski definition) is 0. The van der Waals surface area contributed by atoms with Crippen LogP contribution in [0.2, 0.25) is 0 Å². The minimum Gasteiger partial charge on any atom is -0.493 e. The molecule has 0 N–H and O–H groups in total. The first-order valence-electron chi connectivity index (χ1n) is 16.2. The zero-order valence-corrected chi connectivity index (χ0v) is 28.6. The first-order valence-corrected chi connectivity index (χ1v) is 17.8. The van der Waals surface area contributed by atoms with Crippen molar-refractivity contribution in [1.82, 2.24) is 9.88 Å². The minimum absolute atomic E-state index is 0.216. The number of benzene rings is 3. The van der Waals surface area contributed by atoms with Crippen molar-refractivity contribution in [1.29, 1.82) is 0 Å². The fourth-order valence-electron chi connectivity index (χ4n) is 5.75. The number of fused-ring (bicyclic) bond motifs is 1. The number of alkyl halides is 3. The lowest BCUT2D eigenvalue weighted by atomic mass is 10.1. The van der Waals surface area contributed by atoms with Gasteiger partial charge >= 0.3 is 12.1 Å². The Kier molecular flexibility index (Phi) is 10.8. The van der Waals surface area contributed by atoms with E-state index in [2.05, 4.69) is 28.0 Å².